The number of pyridine rings is 1. The zero-order valence-corrected chi connectivity index (χ0v) is 9.56. The van der Waals surface area contributed by atoms with Crippen LogP contribution in [0.4, 0.5) is 14.5 Å². The fourth-order valence-electron chi connectivity index (χ4n) is 1.38. The average Bonchev–Trinajstić information content (AvgIpc) is 2.36. The molecule has 0 spiro atoms. The summed E-state index contributed by atoms with van der Waals surface area (Å²) in [5.74, 6) is -2.67. The Hall–Kier alpha value is -2.70. The van der Waals surface area contributed by atoms with E-state index in [1.165, 1.54) is 0 Å². The Balaban J connectivity index is 2.36. The Morgan fingerprint density at radius 2 is 2.00 bits per heavy atom. The number of ether oxygens (including phenoxy) is 1. The fourth-order valence-corrected chi connectivity index (χ4v) is 1.38. The Morgan fingerprint density at radius 3 is 2.68 bits per heavy atom. The summed E-state index contributed by atoms with van der Waals surface area (Å²) in [4.78, 5) is 14.8. The second-order valence-electron chi connectivity index (χ2n) is 3.65. The number of halogens is 2. The third-order valence-electron chi connectivity index (χ3n) is 2.28. The van der Waals surface area contributed by atoms with E-state index < -0.39 is 17.5 Å². The normalized spacial score (nSPS) is 10.2. The molecule has 2 aromatic rings. The number of aromatic nitrogens is 1. The summed E-state index contributed by atoms with van der Waals surface area (Å²) in [6.07, 6.45) is 1.15. The number of amides is 1. The van der Waals surface area contributed by atoms with Crippen molar-refractivity contribution >= 4 is 11.6 Å². The molecule has 0 bridgehead atoms. The average molecular weight is 265 g/mol. The van der Waals surface area contributed by atoms with Crippen molar-refractivity contribution in [1.82, 2.24) is 4.98 Å². The van der Waals surface area contributed by atoms with Gasteiger partial charge in [-0.2, -0.15) is 0 Å². The van der Waals surface area contributed by atoms with Gasteiger partial charge in [0, 0.05) is 12.1 Å². The number of hydrogen-bond acceptors (Lipinski definition) is 4. The molecule has 2 rings (SSSR count). The van der Waals surface area contributed by atoms with Crippen LogP contribution in [0.1, 0.15) is 10.4 Å². The first-order chi connectivity index (χ1) is 8.97. The minimum Gasteiger partial charge on any atom is -0.436 e. The number of benzene rings is 1. The maximum absolute atomic E-state index is 13.4. The van der Waals surface area contributed by atoms with Crippen LogP contribution < -0.4 is 16.2 Å². The molecule has 0 radical (unpaired) electrons. The molecule has 0 aliphatic rings. The highest BCUT2D eigenvalue weighted by molar-refractivity contribution is 5.98. The third-order valence-corrected chi connectivity index (χ3v) is 2.28. The number of carbonyl (C=O) groups is 1. The Kier molecular flexibility index (Phi) is 3.28. The quantitative estimate of drug-likeness (QED) is 0.885. The maximum Gasteiger partial charge on any atom is 0.251 e. The van der Waals surface area contributed by atoms with E-state index in [4.69, 9.17) is 16.2 Å². The maximum atomic E-state index is 13.4. The van der Waals surface area contributed by atoms with Crippen molar-refractivity contribution in [3.8, 4) is 11.6 Å². The second kappa shape index (κ2) is 4.89. The molecule has 1 aromatic carbocycles. The second-order valence-corrected chi connectivity index (χ2v) is 3.65. The molecule has 0 saturated heterocycles. The first kappa shape index (κ1) is 12.7. The van der Waals surface area contributed by atoms with Crippen LogP contribution in [0.3, 0.4) is 0 Å². The van der Waals surface area contributed by atoms with Gasteiger partial charge >= 0.3 is 0 Å². The molecular formula is C12H9F2N3O2. The number of nitrogens with two attached hydrogens (primary N) is 2. The first-order valence-electron chi connectivity index (χ1n) is 5.15. The monoisotopic (exact) mass is 265 g/mol. The lowest BCUT2D eigenvalue weighted by Crippen LogP contribution is -2.14. The molecule has 7 heteroatoms. The van der Waals surface area contributed by atoms with Gasteiger partial charge in [-0.1, -0.05) is 0 Å². The minimum absolute atomic E-state index is 0.0122. The van der Waals surface area contributed by atoms with Gasteiger partial charge in [-0.25, -0.2) is 13.8 Å². The molecule has 0 atom stereocenters. The van der Waals surface area contributed by atoms with E-state index in [2.05, 4.69) is 4.98 Å². The van der Waals surface area contributed by atoms with Gasteiger partial charge in [0.1, 0.15) is 5.82 Å². The summed E-state index contributed by atoms with van der Waals surface area (Å²) in [7, 11) is 0. The number of hydrogen-bond donors (Lipinski definition) is 2. The molecule has 5 nitrogen and oxygen atoms in total. The lowest BCUT2D eigenvalue weighted by atomic mass is 10.2. The van der Waals surface area contributed by atoms with Crippen LogP contribution in [0.15, 0.2) is 30.5 Å². The van der Waals surface area contributed by atoms with Crippen LogP contribution in [0.2, 0.25) is 0 Å². The highest BCUT2D eigenvalue weighted by atomic mass is 19.1. The molecule has 1 aromatic heterocycles. The van der Waals surface area contributed by atoms with Gasteiger partial charge in [0.25, 0.3) is 5.91 Å². The largest absolute Gasteiger partial charge is 0.436 e. The molecule has 1 amide bonds. The van der Waals surface area contributed by atoms with Crippen LogP contribution in [-0.2, 0) is 0 Å². The van der Waals surface area contributed by atoms with Crippen molar-refractivity contribution < 1.29 is 18.3 Å². The molecule has 0 unspecified atom stereocenters. The van der Waals surface area contributed by atoms with E-state index in [1.54, 1.807) is 0 Å². The van der Waals surface area contributed by atoms with Gasteiger partial charge < -0.3 is 16.2 Å². The number of rotatable bonds is 3. The predicted octanol–water partition coefficient (Wildman–Crippen LogP) is 1.83. The third kappa shape index (κ3) is 2.76. The van der Waals surface area contributed by atoms with Crippen molar-refractivity contribution in [2.45, 2.75) is 0 Å². The van der Waals surface area contributed by atoms with E-state index in [0.717, 1.165) is 30.5 Å². The molecule has 1 heterocycles. The van der Waals surface area contributed by atoms with Gasteiger partial charge in [-0.05, 0) is 12.1 Å². The van der Waals surface area contributed by atoms with Crippen molar-refractivity contribution in [2.75, 3.05) is 5.73 Å². The van der Waals surface area contributed by atoms with Crippen LogP contribution in [-0.4, -0.2) is 10.9 Å². The summed E-state index contributed by atoms with van der Waals surface area (Å²) >= 11 is 0. The summed E-state index contributed by atoms with van der Waals surface area (Å²) < 4.78 is 31.4. The summed E-state index contributed by atoms with van der Waals surface area (Å²) in [6.45, 7) is 0. The van der Waals surface area contributed by atoms with Gasteiger partial charge in [-0.15, -0.1) is 0 Å². The lowest BCUT2D eigenvalue weighted by molar-refractivity contribution is 0.100. The van der Waals surface area contributed by atoms with Gasteiger partial charge in [0.2, 0.25) is 5.88 Å². The smallest absolute Gasteiger partial charge is 0.251 e. The molecule has 0 saturated carbocycles. The Labute approximate surface area is 106 Å². The highest BCUT2D eigenvalue weighted by Gasteiger charge is 2.11. The summed E-state index contributed by atoms with van der Waals surface area (Å²) in [6, 6.07) is 3.88. The van der Waals surface area contributed by atoms with Crippen LogP contribution in [0.25, 0.3) is 0 Å². The molecule has 0 aliphatic heterocycles. The molecule has 4 N–H and O–H groups in total. The Morgan fingerprint density at radius 1 is 1.26 bits per heavy atom. The number of nitrogens with zero attached hydrogens (tertiary/aromatic N) is 1. The van der Waals surface area contributed by atoms with Crippen LogP contribution in [0, 0.1) is 11.6 Å². The van der Waals surface area contributed by atoms with Crippen molar-refractivity contribution in [3.05, 3.63) is 47.7 Å². The van der Waals surface area contributed by atoms with Gasteiger partial charge in [0.05, 0.1) is 17.4 Å². The number of nitrogen functional groups attached to an aromatic ring is 1. The van der Waals surface area contributed by atoms with Crippen molar-refractivity contribution in [3.63, 3.8) is 0 Å². The zero-order chi connectivity index (χ0) is 14.0. The molecule has 0 aliphatic carbocycles. The minimum atomic E-state index is -0.774. The van der Waals surface area contributed by atoms with E-state index in [9.17, 15) is 13.6 Å². The number of primary amides is 1. The Bertz CT molecular complexity index is 647. The summed E-state index contributed by atoms with van der Waals surface area (Å²) in [5.41, 5.74) is 10.6. The zero-order valence-electron chi connectivity index (χ0n) is 9.56. The molecule has 0 fully saturated rings. The standard InChI is InChI=1S/C12H9F2N3O2/c13-6-1-2-8(14)10(3-6)19-11-4-7(12(16)18)9(15)5-17-11/h1-5H,15H2,(H2,16,18). The lowest BCUT2D eigenvalue weighted by Gasteiger charge is -2.08. The van der Waals surface area contributed by atoms with Gasteiger partial charge in [-0.3, -0.25) is 4.79 Å². The predicted molar refractivity (Wildman–Crippen MR) is 63.6 cm³/mol. The number of anilines is 1. The van der Waals surface area contributed by atoms with E-state index in [-0.39, 0.29) is 22.9 Å². The molecular weight excluding hydrogens is 256 g/mol. The van der Waals surface area contributed by atoms with Crippen LogP contribution in [0.5, 0.6) is 11.6 Å². The summed E-state index contributed by atoms with van der Waals surface area (Å²) in [5, 5.41) is 0. The fraction of sp³-hybridized carbons (Fsp3) is 0. The molecule has 19 heavy (non-hydrogen) atoms. The van der Waals surface area contributed by atoms with E-state index >= 15 is 0 Å². The first-order valence-corrected chi connectivity index (χ1v) is 5.15. The van der Waals surface area contributed by atoms with E-state index in [1.807, 2.05) is 0 Å². The molecule has 98 valence electrons. The van der Waals surface area contributed by atoms with Crippen LogP contribution >= 0.6 is 0 Å². The van der Waals surface area contributed by atoms with E-state index in [0.29, 0.717) is 0 Å². The SMILES string of the molecule is NC(=O)c1cc(Oc2cc(F)ccc2F)ncc1N. The number of carbonyl (C=O) groups excluding carboxylic acids is 1. The van der Waals surface area contributed by atoms with Crippen molar-refractivity contribution in [2.24, 2.45) is 5.73 Å². The topological polar surface area (TPSA) is 91.2 Å². The van der Waals surface area contributed by atoms with Gasteiger partial charge in [0.15, 0.2) is 11.6 Å². The highest BCUT2D eigenvalue weighted by Crippen LogP contribution is 2.25. The van der Waals surface area contributed by atoms with Crippen molar-refractivity contribution in [1.29, 1.82) is 0 Å².